The van der Waals surface area contributed by atoms with E-state index in [0.29, 0.717) is 0 Å². The van der Waals surface area contributed by atoms with Gasteiger partial charge >= 0.3 is 0 Å². The molecule has 3 rings (SSSR count). The van der Waals surface area contributed by atoms with Crippen molar-refractivity contribution in [1.29, 1.82) is 0 Å². The largest absolute Gasteiger partial charge is 0.330 e. The Hall–Kier alpha value is -1.47. The Bertz CT molecular complexity index is 692. The number of unbranched alkanes of at least 4 members (excludes halogenated alkanes) is 7. The highest BCUT2D eigenvalue weighted by Gasteiger charge is 1.97. The molecule has 1 heterocycles. The van der Waals surface area contributed by atoms with E-state index in [1.54, 1.807) is 0 Å². The van der Waals surface area contributed by atoms with Gasteiger partial charge in [-0.2, -0.15) is 0 Å². The molecule has 0 saturated carbocycles. The van der Waals surface area contributed by atoms with Crippen LogP contribution in [0.15, 0.2) is 54.3 Å². The van der Waals surface area contributed by atoms with E-state index < -0.39 is 0 Å². The molecule has 3 aromatic rings. The number of benzene rings is 2. The molecular formula is C23H33N2P. The van der Waals surface area contributed by atoms with Crippen molar-refractivity contribution in [1.82, 2.24) is 0 Å². The molecule has 0 saturated heterocycles. The van der Waals surface area contributed by atoms with E-state index >= 15 is 0 Å². The molecule has 0 radical (unpaired) electrons. The highest BCUT2D eigenvalue weighted by atomic mass is 31.0. The summed E-state index contributed by atoms with van der Waals surface area (Å²) in [5, 5.41) is 5.48. The van der Waals surface area contributed by atoms with Crippen molar-refractivity contribution in [2.75, 3.05) is 13.1 Å². The van der Waals surface area contributed by atoms with Crippen LogP contribution in [-0.4, -0.2) is 13.1 Å². The van der Waals surface area contributed by atoms with Gasteiger partial charge in [0.1, 0.15) is 0 Å². The Balaban J connectivity index is 0.000000191. The molecule has 0 aliphatic carbocycles. The number of hydrogen-bond acceptors (Lipinski definition) is 2. The second-order valence-electron chi connectivity index (χ2n) is 6.76. The molecule has 3 heteroatoms. The molecule has 0 aliphatic rings. The average molecular weight is 369 g/mol. The molecule has 0 amide bonds. The van der Waals surface area contributed by atoms with Crippen LogP contribution in [-0.2, 0) is 0 Å². The fraction of sp³-hybridized carbons (Fsp3) is 0.435. The van der Waals surface area contributed by atoms with Crippen molar-refractivity contribution >= 4 is 29.5 Å². The summed E-state index contributed by atoms with van der Waals surface area (Å²) in [5.74, 6) is 2.18. The number of nitrogens with two attached hydrogens (primary N) is 2. The van der Waals surface area contributed by atoms with Crippen LogP contribution in [0.1, 0.15) is 51.4 Å². The SMILES string of the molecule is NCCCCCCCCCCN.c1ccc2c(c1)ccc1pcccc12. The molecule has 140 valence electrons. The van der Waals surface area contributed by atoms with E-state index in [9.17, 15) is 0 Å². The zero-order valence-corrected chi connectivity index (χ0v) is 16.8. The average Bonchev–Trinajstić information content (AvgIpc) is 2.70. The number of rotatable bonds is 9. The van der Waals surface area contributed by atoms with E-state index in [2.05, 4.69) is 54.3 Å². The molecule has 4 N–H and O–H groups in total. The van der Waals surface area contributed by atoms with Crippen LogP contribution in [0.4, 0.5) is 0 Å². The first-order chi connectivity index (χ1) is 12.9. The molecular weight excluding hydrogens is 335 g/mol. The van der Waals surface area contributed by atoms with Gasteiger partial charge < -0.3 is 11.5 Å². The molecule has 2 nitrogen and oxygen atoms in total. The normalized spacial score (nSPS) is 11.0. The first-order valence-corrected chi connectivity index (χ1v) is 11.0. The predicted octanol–water partition coefficient (Wildman–Crippen LogP) is 6.60. The maximum Gasteiger partial charge on any atom is 0.00966 e. The third-order valence-corrected chi connectivity index (χ3v) is 5.66. The summed E-state index contributed by atoms with van der Waals surface area (Å²) in [6, 6.07) is 17.3. The van der Waals surface area contributed by atoms with E-state index in [1.807, 2.05) is 0 Å². The van der Waals surface area contributed by atoms with Gasteiger partial charge in [-0.05, 0) is 54.0 Å². The minimum atomic E-state index is 0.854. The molecule has 1 aromatic heterocycles. The first-order valence-electron chi connectivity index (χ1n) is 9.99. The van der Waals surface area contributed by atoms with Gasteiger partial charge in [0.25, 0.3) is 0 Å². The van der Waals surface area contributed by atoms with Crippen molar-refractivity contribution in [3.8, 4) is 0 Å². The van der Waals surface area contributed by atoms with Gasteiger partial charge in [0.2, 0.25) is 0 Å². The van der Waals surface area contributed by atoms with Crippen molar-refractivity contribution in [3.63, 3.8) is 0 Å². The summed E-state index contributed by atoms with van der Waals surface area (Å²) >= 11 is 0. The van der Waals surface area contributed by atoms with Gasteiger partial charge in [0, 0.05) is 5.12 Å². The minimum absolute atomic E-state index is 0.854. The van der Waals surface area contributed by atoms with Gasteiger partial charge in [-0.1, -0.05) is 89.2 Å². The molecule has 0 spiro atoms. The molecule has 26 heavy (non-hydrogen) atoms. The van der Waals surface area contributed by atoms with Crippen LogP contribution < -0.4 is 11.5 Å². The van der Waals surface area contributed by atoms with E-state index in [1.165, 1.54) is 80.8 Å². The summed E-state index contributed by atoms with van der Waals surface area (Å²) in [4.78, 5) is 0. The predicted molar refractivity (Wildman–Crippen MR) is 119 cm³/mol. The van der Waals surface area contributed by atoms with Crippen LogP contribution in [0.25, 0.3) is 21.3 Å². The second-order valence-corrected chi connectivity index (χ2v) is 7.80. The quantitative estimate of drug-likeness (QED) is 0.330. The monoisotopic (exact) mass is 368 g/mol. The second kappa shape index (κ2) is 12.8. The summed E-state index contributed by atoms with van der Waals surface area (Å²) in [7, 11) is 1.31. The summed E-state index contributed by atoms with van der Waals surface area (Å²) in [5.41, 5.74) is 10.8. The maximum absolute atomic E-state index is 5.40. The van der Waals surface area contributed by atoms with Gasteiger partial charge in [-0.15, -0.1) is 0 Å². The van der Waals surface area contributed by atoms with Crippen molar-refractivity contribution in [3.05, 3.63) is 54.3 Å². The Kier molecular flexibility index (Phi) is 10.3. The Labute approximate surface area is 160 Å². The zero-order chi connectivity index (χ0) is 18.5. The Morgan fingerprint density at radius 1 is 0.577 bits per heavy atom. The third-order valence-electron chi connectivity index (χ3n) is 4.67. The van der Waals surface area contributed by atoms with Crippen LogP contribution in [0, 0.1) is 0 Å². The summed E-state index contributed by atoms with van der Waals surface area (Å²) < 4.78 is 0. The Morgan fingerprint density at radius 2 is 1.15 bits per heavy atom. The number of hydrogen-bond donors (Lipinski definition) is 2. The van der Waals surface area contributed by atoms with Gasteiger partial charge in [0.05, 0.1) is 0 Å². The summed E-state index contributed by atoms with van der Waals surface area (Å²) in [6.07, 6.45) is 10.5. The molecule has 0 bridgehead atoms. The van der Waals surface area contributed by atoms with Crippen molar-refractivity contribution in [2.45, 2.75) is 51.4 Å². The van der Waals surface area contributed by atoms with Gasteiger partial charge in [-0.3, -0.25) is 0 Å². The van der Waals surface area contributed by atoms with Crippen LogP contribution in [0.3, 0.4) is 0 Å². The van der Waals surface area contributed by atoms with E-state index in [4.69, 9.17) is 11.5 Å². The lowest BCUT2D eigenvalue weighted by atomic mass is 10.1. The number of fused-ring (bicyclic) bond motifs is 3. The van der Waals surface area contributed by atoms with E-state index in [-0.39, 0.29) is 0 Å². The first kappa shape index (κ1) is 20.8. The molecule has 0 atom stereocenters. The van der Waals surface area contributed by atoms with Crippen molar-refractivity contribution in [2.24, 2.45) is 11.5 Å². The van der Waals surface area contributed by atoms with Gasteiger partial charge in [-0.25, -0.2) is 0 Å². The van der Waals surface area contributed by atoms with Crippen LogP contribution >= 0.6 is 8.19 Å². The lowest BCUT2D eigenvalue weighted by molar-refractivity contribution is 0.572. The molecule has 0 unspecified atom stereocenters. The maximum atomic E-state index is 5.40. The fourth-order valence-electron chi connectivity index (χ4n) is 3.18. The molecule has 0 fully saturated rings. The lowest BCUT2D eigenvalue weighted by Crippen LogP contribution is -1.98. The van der Waals surface area contributed by atoms with Gasteiger partial charge in [0.15, 0.2) is 0 Å². The summed E-state index contributed by atoms with van der Waals surface area (Å²) in [6.45, 7) is 1.71. The zero-order valence-electron chi connectivity index (χ0n) is 15.9. The molecule has 2 aromatic carbocycles. The minimum Gasteiger partial charge on any atom is -0.330 e. The Morgan fingerprint density at radius 3 is 1.81 bits per heavy atom. The standard InChI is InChI=1S/C13H9P.C10H24N2/c1-2-5-11-10(4-1)7-8-13-12(11)6-3-9-14-13;11-9-7-5-3-1-2-4-6-8-10-12/h1-9H;1-12H2. The van der Waals surface area contributed by atoms with Crippen LogP contribution in [0.2, 0.25) is 0 Å². The third kappa shape index (κ3) is 7.03. The molecule has 0 aliphatic heterocycles. The highest BCUT2D eigenvalue weighted by molar-refractivity contribution is 7.36. The lowest BCUT2D eigenvalue weighted by Gasteiger charge is -2.01. The fourth-order valence-corrected chi connectivity index (χ4v) is 4.01. The highest BCUT2D eigenvalue weighted by Crippen LogP contribution is 2.29. The smallest absolute Gasteiger partial charge is 0.00966 e. The van der Waals surface area contributed by atoms with Crippen LogP contribution in [0.5, 0.6) is 0 Å². The van der Waals surface area contributed by atoms with E-state index in [0.717, 1.165) is 13.1 Å². The van der Waals surface area contributed by atoms with Crippen molar-refractivity contribution < 1.29 is 0 Å². The topological polar surface area (TPSA) is 52.0 Å².